The Morgan fingerprint density at radius 1 is 1.30 bits per heavy atom. The van der Waals surface area contributed by atoms with Crippen LogP contribution in [0.2, 0.25) is 0 Å². The summed E-state index contributed by atoms with van der Waals surface area (Å²) in [6, 6.07) is 8.61. The van der Waals surface area contributed by atoms with E-state index in [-0.39, 0.29) is 18.0 Å². The fraction of sp³-hybridized carbons (Fsp3) is 0.409. The first-order valence-corrected chi connectivity index (χ1v) is 10.7. The number of aromatic amines is 1. The lowest BCUT2D eigenvalue weighted by molar-refractivity contribution is 0.0949. The van der Waals surface area contributed by atoms with E-state index in [0.29, 0.717) is 39.5 Å². The molecule has 2 N–H and O–H groups in total. The van der Waals surface area contributed by atoms with Crippen molar-refractivity contribution >= 4 is 29.0 Å². The van der Waals surface area contributed by atoms with E-state index in [2.05, 4.69) is 22.2 Å². The summed E-state index contributed by atoms with van der Waals surface area (Å²) in [5, 5.41) is 3.49. The lowest BCUT2D eigenvalue weighted by Gasteiger charge is -2.28. The Kier molecular flexibility index (Phi) is 6.15. The van der Waals surface area contributed by atoms with Gasteiger partial charge in [-0.3, -0.25) is 14.2 Å². The highest BCUT2D eigenvalue weighted by Crippen LogP contribution is 2.19. The lowest BCUT2D eigenvalue weighted by atomic mass is 9.94. The van der Waals surface area contributed by atoms with Crippen LogP contribution in [-0.2, 0) is 6.54 Å². The van der Waals surface area contributed by atoms with E-state index in [9.17, 15) is 9.59 Å². The number of fused-ring (bicyclic) bond motifs is 1. The third kappa shape index (κ3) is 4.55. The van der Waals surface area contributed by atoms with Crippen molar-refractivity contribution in [2.45, 2.75) is 25.8 Å². The normalized spacial score (nSPS) is 15.5. The average Bonchev–Trinajstić information content (AvgIpc) is 3.25. The number of hydrogen-bond donors (Lipinski definition) is 2. The molecule has 3 aromatic rings. The van der Waals surface area contributed by atoms with Crippen molar-refractivity contribution in [1.82, 2.24) is 19.8 Å². The minimum atomic E-state index is -0.209. The number of carbonyl (C=O) groups excluding carboxylic acids is 1. The van der Waals surface area contributed by atoms with Crippen molar-refractivity contribution < 1.29 is 9.21 Å². The monoisotopic (exact) mass is 426 g/mol. The number of H-pyrrole nitrogens is 1. The van der Waals surface area contributed by atoms with Gasteiger partial charge in [0.05, 0.1) is 23.7 Å². The predicted octanol–water partition coefficient (Wildman–Crippen LogP) is 3.16. The third-order valence-corrected chi connectivity index (χ3v) is 6.14. The first-order chi connectivity index (χ1) is 14.5. The van der Waals surface area contributed by atoms with E-state index in [1.807, 2.05) is 0 Å². The highest BCUT2D eigenvalue weighted by molar-refractivity contribution is 7.71. The molecular formula is C22H26N4O3S. The smallest absolute Gasteiger partial charge is 0.262 e. The quantitative estimate of drug-likeness (QED) is 0.592. The highest BCUT2D eigenvalue weighted by atomic mass is 32.1. The van der Waals surface area contributed by atoms with Crippen molar-refractivity contribution in [3.05, 3.63) is 63.0 Å². The van der Waals surface area contributed by atoms with Crippen LogP contribution in [0.25, 0.3) is 10.9 Å². The maximum Gasteiger partial charge on any atom is 0.262 e. The van der Waals surface area contributed by atoms with E-state index >= 15 is 0 Å². The minimum Gasteiger partial charge on any atom is -0.467 e. The van der Waals surface area contributed by atoms with Gasteiger partial charge in [0.15, 0.2) is 4.77 Å². The molecule has 2 aromatic heterocycles. The molecule has 1 fully saturated rings. The summed E-state index contributed by atoms with van der Waals surface area (Å²) in [7, 11) is 2.15. The maximum atomic E-state index is 12.9. The van der Waals surface area contributed by atoms with Gasteiger partial charge in [-0.2, -0.15) is 0 Å². The van der Waals surface area contributed by atoms with Gasteiger partial charge in [0, 0.05) is 12.1 Å². The number of nitrogens with zero attached hydrogens (tertiary/aromatic N) is 2. The summed E-state index contributed by atoms with van der Waals surface area (Å²) < 4.78 is 7.07. The second-order valence-corrected chi connectivity index (χ2v) is 8.34. The number of aromatic nitrogens is 2. The highest BCUT2D eigenvalue weighted by Gasteiger charge is 2.17. The van der Waals surface area contributed by atoms with Gasteiger partial charge < -0.3 is 19.6 Å². The number of hydrogen-bond acceptors (Lipinski definition) is 5. The number of amides is 1. The number of nitrogens with one attached hydrogen (secondary N) is 2. The molecule has 30 heavy (non-hydrogen) atoms. The molecule has 1 aromatic carbocycles. The Hall–Kier alpha value is -2.71. The zero-order valence-electron chi connectivity index (χ0n) is 17.0. The van der Waals surface area contributed by atoms with Crippen LogP contribution in [0.5, 0.6) is 0 Å². The molecule has 0 radical (unpaired) electrons. The fourth-order valence-electron chi connectivity index (χ4n) is 3.94. The van der Waals surface area contributed by atoms with E-state index < -0.39 is 0 Å². The summed E-state index contributed by atoms with van der Waals surface area (Å²) in [6.45, 7) is 3.17. The zero-order chi connectivity index (χ0) is 21.1. The Balaban J connectivity index is 1.45. The fourth-order valence-corrected chi connectivity index (χ4v) is 4.20. The van der Waals surface area contributed by atoms with E-state index in [4.69, 9.17) is 16.6 Å². The number of furan rings is 1. The van der Waals surface area contributed by atoms with Gasteiger partial charge in [-0.25, -0.2) is 0 Å². The Morgan fingerprint density at radius 3 is 2.83 bits per heavy atom. The van der Waals surface area contributed by atoms with E-state index in [0.717, 1.165) is 19.5 Å². The number of likely N-dealkylation sites (tertiary alicyclic amines) is 1. The van der Waals surface area contributed by atoms with Gasteiger partial charge in [-0.15, -0.1) is 0 Å². The second-order valence-electron chi connectivity index (χ2n) is 7.95. The van der Waals surface area contributed by atoms with Crippen LogP contribution in [0.15, 0.2) is 45.8 Å². The van der Waals surface area contributed by atoms with Crippen molar-refractivity contribution in [2.75, 3.05) is 26.7 Å². The second kappa shape index (κ2) is 8.97. The summed E-state index contributed by atoms with van der Waals surface area (Å²) in [4.78, 5) is 30.8. The molecule has 1 aliphatic heterocycles. The molecule has 1 saturated heterocycles. The minimum absolute atomic E-state index is 0.135. The molecule has 1 aliphatic rings. The van der Waals surface area contributed by atoms with E-state index in [1.165, 1.54) is 17.4 Å². The number of carbonyl (C=O) groups is 1. The lowest BCUT2D eigenvalue weighted by Crippen LogP contribution is -2.32. The summed E-state index contributed by atoms with van der Waals surface area (Å²) in [5.74, 6) is 1.18. The zero-order valence-corrected chi connectivity index (χ0v) is 17.8. The van der Waals surface area contributed by atoms with Gasteiger partial charge in [0.25, 0.3) is 11.5 Å². The van der Waals surface area contributed by atoms with E-state index in [1.54, 1.807) is 36.6 Å². The molecule has 7 nitrogen and oxygen atoms in total. The van der Waals surface area contributed by atoms with Crippen LogP contribution >= 0.6 is 12.2 Å². The molecule has 0 atom stereocenters. The summed E-state index contributed by atoms with van der Waals surface area (Å²) >= 11 is 5.36. The molecule has 4 rings (SSSR count). The first-order valence-electron chi connectivity index (χ1n) is 10.3. The Morgan fingerprint density at radius 2 is 2.10 bits per heavy atom. The molecule has 1 amide bonds. The third-order valence-electron chi connectivity index (χ3n) is 5.81. The molecule has 0 spiro atoms. The van der Waals surface area contributed by atoms with Crippen molar-refractivity contribution in [3.8, 4) is 0 Å². The SMILES string of the molecule is CN1CCC(CCNC(=O)c2ccc3c(=O)n(Cc4ccco4)c(=S)[nH]c3c2)CC1. The molecule has 8 heteroatoms. The molecular weight excluding hydrogens is 400 g/mol. The van der Waals surface area contributed by atoms with Gasteiger partial charge in [-0.1, -0.05) is 0 Å². The van der Waals surface area contributed by atoms with Crippen LogP contribution < -0.4 is 10.9 Å². The molecule has 158 valence electrons. The number of rotatable bonds is 6. The van der Waals surface area contributed by atoms with Gasteiger partial charge in [0.1, 0.15) is 5.76 Å². The molecule has 0 saturated carbocycles. The average molecular weight is 427 g/mol. The standard InChI is InChI=1S/C22H26N4O3S/c1-25-10-7-15(8-11-25)6-9-23-20(27)16-4-5-18-19(13-16)24-22(30)26(21(18)28)14-17-3-2-12-29-17/h2-5,12-13,15H,6-11,14H2,1H3,(H,23,27)(H,24,30). The topological polar surface area (TPSA) is 83.3 Å². The van der Waals surface area contributed by atoms with Crippen LogP contribution in [0, 0.1) is 10.7 Å². The van der Waals surface area contributed by atoms with Crippen molar-refractivity contribution in [3.63, 3.8) is 0 Å². The Bertz CT molecular complexity index is 1140. The Labute approximate surface area is 179 Å². The van der Waals surface area contributed by atoms with Gasteiger partial charge >= 0.3 is 0 Å². The van der Waals surface area contributed by atoms with Crippen LogP contribution in [0.4, 0.5) is 0 Å². The van der Waals surface area contributed by atoms with Gasteiger partial charge in [-0.05, 0) is 87.9 Å². The maximum absolute atomic E-state index is 12.9. The summed E-state index contributed by atoms with van der Waals surface area (Å²) in [6.07, 6.45) is 4.92. The van der Waals surface area contributed by atoms with Crippen molar-refractivity contribution in [1.29, 1.82) is 0 Å². The predicted molar refractivity (Wildman–Crippen MR) is 118 cm³/mol. The van der Waals surface area contributed by atoms with Crippen LogP contribution in [0.1, 0.15) is 35.4 Å². The van der Waals surface area contributed by atoms with Crippen LogP contribution in [-0.4, -0.2) is 47.0 Å². The van der Waals surface area contributed by atoms with Gasteiger partial charge in [0.2, 0.25) is 0 Å². The number of piperidine rings is 1. The number of benzene rings is 1. The molecule has 0 bridgehead atoms. The van der Waals surface area contributed by atoms with Crippen molar-refractivity contribution in [2.24, 2.45) is 5.92 Å². The molecule has 0 unspecified atom stereocenters. The largest absolute Gasteiger partial charge is 0.467 e. The first kappa shape index (κ1) is 20.6. The molecule has 0 aliphatic carbocycles. The summed E-state index contributed by atoms with van der Waals surface area (Å²) in [5.41, 5.74) is 0.864. The molecule has 3 heterocycles. The van der Waals surface area contributed by atoms with Crippen LogP contribution in [0.3, 0.4) is 0 Å².